The van der Waals surface area contributed by atoms with Gasteiger partial charge in [0.1, 0.15) is 0 Å². The van der Waals surface area contributed by atoms with Crippen LogP contribution in [0.5, 0.6) is 0 Å². The van der Waals surface area contributed by atoms with Crippen molar-refractivity contribution in [1.82, 2.24) is 4.90 Å². The lowest BCUT2D eigenvalue weighted by Crippen LogP contribution is -2.36. The summed E-state index contributed by atoms with van der Waals surface area (Å²) in [5, 5.41) is 9.70. The molecule has 3 heteroatoms. The minimum absolute atomic E-state index is 0.0729. The smallest absolute Gasteiger partial charge is 0.254 e. The van der Waals surface area contributed by atoms with Crippen LogP contribution < -0.4 is 0 Å². The molecule has 1 unspecified atom stereocenters. The minimum Gasteiger partial charge on any atom is -0.389 e. The lowest BCUT2D eigenvalue weighted by Gasteiger charge is -2.29. The van der Waals surface area contributed by atoms with Gasteiger partial charge in [0.2, 0.25) is 0 Å². The van der Waals surface area contributed by atoms with Gasteiger partial charge in [-0.05, 0) is 42.2 Å². The van der Waals surface area contributed by atoms with Crippen LogP contribution in [0, 0.1) is 0 Å². The first-order chi connectivity index (χ1) is 10.1. The van der Waals surface area contributed by atoms with Crippen molar-refractivity contribution < 1.29 is 9.90 Å². The van der Waals surface area contributed by atoms with Crippen LogP contribution in [0.2, 0.25) is 0 Å². The van der Waals surface area contributed by atoms with Crippen molar-refractivity contribution in [1.29, 1.82) is 0 Å². The number of fused-ring (bicyclic) bond motifs is 1. The number of nitrogens with zero attached hydrogens (tertiary/aromatic N) is 1. The summed E-state index contributed by atoms with van der Waals surface area (Å²) < 4.78 is 0. The molecule has 1 aliphatic heterocycles. The molecule has 1 N–H and O–H groups in total. The van der Waals surface area contributed by atoms with Crippen molar-refractivity contribution in [3.63, 3.8) is 0 Å². The average molecular weight is 281 g/mol. The molecule has 0 saturated carbocycles. The summed E-state index contributed by atoms with van der Waals surface area (Å²) in [4.78, 5) is 14.4. The molecule has 21 heavy (non-hydrogen) atoms. The summed E-state index contributed by atoms with van der Waals surface area (Å²) in [6.45, 7) is 3.12. The maximum atomic E-state index is 12.5. The molecular formula is C18H19NO2. The molecule has 3 rings (SSSR count). The molecule has 3 nitrogen and oxygen atoms in total. The summed E-state index contributed by atoms with van der Waals surface area (Å²) in [7, 11) is 0. The predicted molar refractivity (Wildman–Crippen MR) is 82.0 cm³/mol. The Labute approximate surface area is 124 Å². The fourth-order valence-corrected chi connectivity index (χ4v) is 2.77. The highest BCUT2D eigenvalue weighted by Crippen LogP contribution is 2.24. The zero-order chi connectivity index (χ0) is 14.8. The van der Waals surface area contributed by atoms with E-state index in [4.69, 9.17) is 0 Å². The molecule has 1 heterocycles. The van der Waals surface area contributed by atoms with Crippen molar-refractivity contribution in [3.8, 4) is 0 Å². The number of benzene rings is 2. The van der Waals surface area contributed by atoms with Crippen LogP contribution in [0.4, 0.5) is 0 Å². The minimum atomic E-state index is -0.476. The second kappa shape index (κ2) is 5.70. The lowest BCUT2D eigenvalue weighted by molar-refractivity contribution is 0.0734. The Kier molecular flexibility index (Phi) is 3.76. The Morgan fingerprint density at radius 3 is 2.62 bits per heavy atom. The highest BCUT2D eigenvalue weighted by atomic mass is 16.3. The number of carbonyl (C=O) groups excluding carboxylic acids is 1. The fraction of sp³-hybridized carbons (Fsp3) is 0.278. The molecular weight excluding hydrogens is 262 g/mol. The standard InChI is InChI=1S/C18H19NO2/c1-13(20)16-8-7-14-9-10-19(12-17(14)11-16)18(21)15-5-3-2-4-6-15/h2-8,11,13,20H,9-10,12H2,1H3. The zero-order valence-corrected chi connectivity index (χ0v) is 12.1. The molecule has 1 amide bonds. The van der Waals surface area contributed by atoms with Gasteiger partial charge in [0.15, 0.2) is 0 Å². The Morgan fingerprint density at radius 2 is 1.90 bits per heavy atom. The summed E-state index contributed by atoms with van der Waals surface area (Å²) in [6, 6.07) is 15.4. The van der Waals surface area contributed by atoms with Gasteiger partial charge in [-0.2, -0.15) is 0 Å². The van der Waals surface area contributed by atoms with E-state index in [1.807, 2.05) is 47.4 Å². The van der Waals surface area contributed by atoms with Gasteiger partial charge in [-0.15, -0.1) is 0 Å². The number of hydrogen-bond acceptors (Lipinski definition) is 2. The number of rotatable bonds is 2. The third kappa shape index (κ3) is 2.83. The molecule has 2 aromatic carbocycles. The molecule has 0 spiro atoms. The first kappa shape index (κ1) is 13.8. The van der Waals surface area contributed by atoms with E-state index < -0.39 is 6.10 Å². The van der Waals surface area contributed by atoms with Gasteiger partial charge in [0.25, 0.3) is 5.91 Å². The van der Waals surface area contributed by atoms with E-state index in [2.05, 4.69) is 6.07 Å². The molecule has 0 fully saturated rings. The van der Waals surface area contributed by atoms with E-state index >= 15 is 0 Å². The van der Waals surface area contributed by atoms with Gasteiger partial charge in [-0.1, -0.05) is 36.4 Å². The van der Waals surface area contributed by atoms with E-state index in [9.17, 15) is 9.90 Å². The fourth-order valence-electron chi connectivity index (χ4n) is 2.77. The molecule has 108 valence electrons. The summed E-state index contributed by atoms with van der Waals surface area (Å²) in [5.41, 5.74) is 4.05. The van der Waals surface area contributed by atoms with Crippen molar-refractivity contribution in [2.45, 2.75) is 26.0 Å². The molecule has 0 bridgehead atoms. The van der Waals surface area contributed by atoms with Gasteiger partial charge in [0.05, 0.1) is 6.10 Å². The lowest BCUT2D eigenvalue weighted by atomic mass is 9.95. The topological polar surface area (TPSA) is 40.5 Å². The van der Waals surface area contributed by atoms with Gasteiger partial charge in [-0.3, -0.25) is 4.79 Å². The summed E-state index contributed by atoms with van der Waals surface area (Å²) in [5.74, 6) is 0.0729. The number of aliphatic hydroxyl groups is 1. The van der Waals surface area contributed by atoms with E-state index in [0.717, 1.165) is 29.7 Å². The highest BCUT2D eigenvalue weighted by Gasteiger charge is 2.22. The molecule has 0 aromatic heterocycles. The van der Waals surface area contributed by atoms with Gasteiger partial charge < -0.3 is 10.0 Å². The van der Waals surface area contributed by atoms with Crippen molar-refractivity contribution in [2.75, 3.05) is 6.54 Å². The Balaban J connectivity index is 1.83. The van der Waals surface area contributed by atoms with Crippen molar-refractivity contribution >= 4 is 5.91 Å². The van der Waals surface area contributed by atoms with Crippen LogP contribution in [0.15, 0.2) is 48.5 Å². The Bertz CT molecular complexity index is 650. The van der Waals surface area contributed by atoms with Crippen molar-refractivity contribution in [3.05, 3.63) is 70.8 Å². The first-order valence-electron chi connectivity index (χ1n) is 7.29. The second-order valence-corrected chi connectivity index (χ2v) is 5.55. The van der Waals surface area contributed by atoms with E-state index in [-0.39, 0.29) is 5.91 Å². The number of amides is 1. The van der Waals surface area contributed by atoms with Gasteiger partial charge in [-0.25, -0.2) is 0 Å². The molecule has 0 radical (unpaired) electrons. The first-order valence-corrected chi connectivity index (χ1v) is 7.29. The number of hydrogen-bond donors (Lipinski definition) is 1. The van der Waals surface area contributed by atoms with Crippen LogP contribution in [0.25, 0.3) is 0 Å². The second-order valence-electron chi connectivity index (χ2n) is 5.55. The summed E-state index contributed by atoms with van der Waals surface area (Å²) >= 11 is 0. The Morgan fingerprint density at radius 1 is 1.14 bits per heavy atom. The average Bonchev–Trinajstić information content (AvgIpc) is 2.54. The molecule has 1 atom stereocenters. The van der Waals surface area contributed by atoms with Gasteiger partial charge >= 0.3 is 0 Å². The predicted octanol–water partition coefficient (Wildman–Crippen LogP) is 2.94. The van der Waals surface area contributed by atoms with Crippen LogP contribution in [-0.2, 0) is 13.0 Å². The third-order valence-electron chi connectivity index (χ3n) is 4.03. The van der Waals surface area contributed by atoms with Crippen LogP contribution >= 0.6 is 0 Å². The van der Waals surface area contributed by atoms with E-state index in [0.29, 0.717) is 6.54 Å². The van der Waals surface area contributed by atoms with Crippen LogP contribution in [0.1, 0.15) is 40.1 Å². The van der Waals surface area contributed by atoms with Gasteiger partial charge in [0, 0.05) is 18.7 Å². The SMILES string of the molecule is CC(O)c1ccc2c(c1)CN(C(=O)c1ccccc1)CC2. The van der Waals surface area contributed by atoms with Crippen LogP contribution in [0.3, 0.4) is 0 Å². The maximum Gasteiger partial charge on any atom is 0.254 e. The quantitative estimate of drug-likeness (QED) is 0.919. The highest BCUT2D eigenvalue weighted by molar-refractivity contribution is 5.94. The van der Waals surface area contributed by atoms with E-state index in [1.54, 1.807) is 6.92 Å². The monoisotopic (exact) mass is 281 g/mol. The molecule has 1 aliphatic rings. The van der Waals surface area contributed by atoms with Crippen LogP contribution in [-0.4, -0.2) is 22.5 Å². The molecule has 2 aromatic rings. The maximum absolute atomic E-state index is 12.5. The number of carbonyl (C=O) groups is 1. The zero-order valence-electron chi connectivity index (χ0n) is 12.1. The van der Waals surface area contributed by atoms with Crippen molar-refractivity contribution in [2.24, 2.45) is 0 Å². The third-order valence-corrected chi connectivity index (χ3v) is 4.03. The van der Waals surface area contributed by atoms with E-state index in [1.165, 1.54) is 5.56 Å². The normalized spacial score (nSPS) is 15.4. The summed E-state index contributed by atoms with van der Waals surface area (Å²) in [6.07, 6.45) is 0.393. The molecule has 0 aliphatic carbocycles. The Hall–Kier alpha value is -2.13. The molecule has 0 saturated heterocycles. The largest absolute Gasteiger partial charge is 0.389 e. The number of aliphatic hydroxyl groups excluding tert-OH is 1.